The van der Waals surface area contributed by atoms with Crippen LogP contribution in [-0.4, -0.2) is 35.1 Å². The Kier molecular flexibility index (Phi) is 9.81. The van der Waals surface area contributed by atoms with E-state index in [0.29, 0.717) is 23.6 Å². The number of methoxy groups -OCH3 is 2. The van der Waals surface area contributed by atoms with Gasteiger partial charge < -0.3 is 14.8 Å². The van der Waals surface area contributed by atoms with Crippen molar-refractivity contribution in [3.63, 3.8) is 0 Å². The zero-order chi connectivity index (χ0) is 22.7. The molecule has 0 spiro atoms. The number of nitrogens with one attached hydrogen (secondary N) is 2. The van der Waals surface area contributed by atoms with Gasteiger partial charge in [-0.25, -0.2) is 13.1 Å². The lowest BCUT2D eigenvalue weighted by atomic mass is 10.0. The van der Waals surface area contributed by atoms with Gasteiger partial charge in [0.15, 0.2) is 0 Å². The van der Waals surface area contributed by atoms with Crippen molar-refractivity contribution in [2.75, 3.05) is 20.8 Å². The van der Waals surface area contributed by atoms with Gasteiger partial charge in [-0.1, -0.05) is 38.3 Å². The van der Waals surface area contributed by atoms with E-state index in [2.05, 4.69) is 17.0 Å². The van der Waals surface area contributed by atoms with Crippen LogP contribution in [0.4, 0.5) is 0 Å². The average molecular weight is 449 g/mol. The molecule has 170 valence electrons. The molecule has 0 bridgehead atoms. The first kappa shape index (κ1) is 24.7. The van der Waals surface area contributed by atoms with Crippen LogP contribution in [0.3, 0.4) is 0 Å². The van der Waals surface area contributed by atoms with Crippen molar-refractivity contribution >= 4 is 15.9 Å². The topological polar surface area (TPSA) is 93.7 Å². The first-order valence-electron chi connectivity index (χ1n) is 10.5. The Morgan fingerprint density at radius 1 is 0.903 bits per heavy atom. The molecule has 1 atom stereocenters. The van der Waals surface area contributed by atoms with Crippen LogP contribution in [0.25, 0.3) is 0 Å². The Hall–Kier alpha value is -2.58. The summed E-state index contributed by atoms with van der Waals surface area (Å²) in [5, 5.41) is 2.89. The molecule has 2 aromatic carbocycles. The number of ether oxygens (including phenoxy) is 2. The lowest BCUT2D eigenvalue weighted by molar-refractivity contribution is -0.121. The summed E-state index contributed by atoms with van der Waals surface area (Å²) in [5.74, 6) is 1.02. The highest BCUT2D eigenvalue weighted by Gasteiger charge is 2.24. The smallest absolute Gasteiger partial charge is 0.241 e. The third-order valence-corrected chi connectivity index (χ3v) is 6.41. The Balaban J connectivity index is 2.15. The first-order valence-corrected chi connectivity index (χ1v) is 11.9. The van der Waals surface area contributed by atoms with Crippen molar-refractivity contribution in [1.82, 2.24) is 10.0 Å². The number of sulfonamides is 1. The van der Waals surface area contributed by atoms with Crippen molar-refractivity contribution in [3.8, 4) is 11.5 Å². The molecule has 2 rings (SSSR count). The highest BCUT2D eigenvalue weighted by atomic mass is 32.2. The van der Waals surface area contributed by atoms with Crippen LogP contribution in [0.15, 0.2) is 53.4 Å². The van der Waals surface area contributed by atoms with Gasteiger partial charge in [-0.3, -0.25) is 4.79 Å². The minimum Gasteiger partial charge on any atom is -0.497 e. The molecule has 0 saturated heterocycles. The van der Waals surface area contributed by atoms with Gasteiger partial charge in [0.2, 0.25) is 15.9 Å². The van der Waals surface area contributed by atoms with E-state index in [1.807, 2.05) is 0 Å². The highest BCUT2D eigenvalue weighted by Crippen LogP contribution is 2.24. The first-order chi connectivity index (χ1) is 14.9. The number of carbonyl (C=O) groups is 1. The highest BCUT2D eigenvalue weighted by molar-refractivity contribution is 7.89. The number of benzene rings is 2. The van der Waals surface area contributed by atoms with Crippen LogP contribution in [0.2, 0.25) is 0 Å². The largest absolute Gasteiger partial charge is 0.497 e. The van der Waals surface area contributed by atoms with E-state index in [9.17, 15) is 13.2 Å². The molecule has 7 nitrogen and oxygen atoms in total. The van der Waals surface area contributed by atoms with Crippen LogP contribution >= 0.6 is 0 Å². The second-order valence-electron chi connectivity index (χ2n) is 7.24. The van der Waals surface area contributed by atoms with E-state index in [0.717, 1.165) is 25.7 Å². The van der Waals surface area contributed by atoms with Gasteiger partial charge in [-0.2, -0.15) is 0 Å². The standard InChI is InChI=1S/C23H32N2O5S/c1-4-5-6-7-16-24-23(26)17-22(18-8-10-19(29-2)11-9-18)25-31(27,28)21-14-12-20(30-3)13-15-21/h8-15,22,25H,4-7,16-17H2,1-3H3,(H,24,26). The van der Waals surface area contributed by atoms with Crippen molar-refractivity contribution in [2.45, 2.75) is 50.0 Å². The number of carbonyl (C=O) groups excluding carboxylic acids is 1. The van der Waals surface area contributed by atoms with Gasteiger partial charge in [-0.05, 0) is 48.4 Å². The van der Waals surface area contributed by atoms with Crippen molar-refractivity contribution < 1.29 is 22.7 Å². The fraction of sp³-hybridized carbons (Fsp3) is 0.435. The SMILES string of the molecule is CCCCCCNC(=O)CC(NS(=O)(=O)c1ccc(OC)cc1)c1ccc(OC)cc1. The maximum atomic E-state index is 12.9. The van der Waals surface area contributed by atoms with Crippen molar-refractivity contribution in [3.05, 3.63) is 54.1 Å². The van der Waals surface area contributed by atoms with E-state index < -0.39 is 16.1 Å². The molecule has 31 heavy (non-hydrogen) atoms. The van der Waals surface area contributed by atoms with Gasteiger partial charge in [0.1, 0.15) is 11.5 Å². The Bertz CT molecular complexity index is 912. The summed E-state index contributed by atoms with van der Waals surface area (Å²) in [4.78, 5) is 12.6. The number of hydrogen-bond acceptors (Lipinski definition) is 5. The molecule has 0 radical (unpaired) electrons. The number of unbranched alkanes of at least 4 members (excludes halogenated alkanes) is 3. The minimum absolute atomic E-state index is 0.00447. The zero-order valence-corrected chi connectivity index (χ0v) is 19.2. The number of rotatable bonds is 13. The molecule has 0 aliphatic carbocycles. The molecule has 8 heteroatoms. The third kappa shape index (κ3) is 7.88. The summed E-state index contributed by atoms with van der Waals surface area (Å²) in [6.45, 7) is 2.71. The molecule has 0 saturated carbocycles. The summed E-state index contributed by atoms with van der Waals surface area (Å²) in [5.41, 5.74) is 0.680. The van der Waals surface area contributed by atoms with Gasteiger partial charge in [-0.15, -0.1) is 0 Å². The van der Waals surface area contributed by atoms with Crippen LogP contribution in [0, 0.1) is 0 Å². The normalized spacial score (nSPS) is 12.2. The van der Waals surface area contributed by atoms with E-state index >= 15 is 0 Å². The zero-order valence-electron chi connectivity index (χ0n) is 18.4. The van der Waals surface area contributed by atoms with Crippen LogP contribution in [0.5, 0.6) is 11.5 Å². The van der Waals surface area contributed by atoms with Crippen molar-refractivity contribution in [2.24, 2.45) is 0 Å². The monoisotopic (exact) mass is 448 g/mol. The minimum atomic E-state index is -3.84. The summed E-state index contributed by atoms with van der Waals surface area (Å²) >= 11 is 0. The second-order valence-corrected chi connectivity index (χ2v) is 8.95. The molecule has 0 fully saturated rings. The summed E-state index contributed by atoms with van der Waals surface area (Å²) in [6.07, 6.45) is 4.22. The van der Waals surface area contributed by atoms with E-state index in [4.69, 9.17) is 9.47 Å². The lowest BCUT2D eigenvalue weighted by Crippen LogP contribution is -2.34. The van der Waals surface area contributed by atoms with Crippen LogP contribution < -0.4 is 19.5 Å². The maximum absolute atomic E-state index is 12.9. The predicted octanol–water partition coefficient (Wildman–Crippen LogP) is 3.81. The Morgan fingerprint density at radius 2 is 1.48 bits per heavy atom. The van der Waals surface area contributed by atoms with E-state index in [1.54, 1.807) is 43.5 Å². The molecule has 1 amide bonds. The average Bonchev–Trinajstić information content (AvgIpc) is 2.78. The molecular formula is C23H32N2O5S. The number of hydrogen-bond donors (Lipinski definition) is 2. The molecule has 0 heterocycles. The molecule has 0 aromatic heterocycles. The predicted molar refractivity (Wildman–Crippen MR) is 121 cm³/mol. The summed E-state index contributed by atoms with van der Waals surface area (Å²) < 4.78 is 38.8. The Labute approximate surface area is 185 Å². The lowest BCUT2D eigenvalue weighted by Gasteiger charge is -2.19. The quantitative estimate of drug-likeness (QED) is 0.455. The van der Waals surface area contributed by atoms with Crippen molar-refractivity contribution in [1.29, 1.82) is 0 Å². The summed E-state index contributed by atoms with van der Waals surface area (Å²) in [7, 11) is -0.767. The molecule has 0 aliphatic rings. The maximum Gasteiger partial charge on any atom is 0.241 e. The van der Waals surface area contributed by atoms with Crippen LogP contribution in [-0.2, 0) is 14.8 Å². The molecular weight excluding hydrogens is 416 g/mol. The molecule has 2 aromatic rings. The number of amides is 1. The van der Waals surface area contributed by atoms with Gasteiger partial charge >= 0.3 is 0 Å². The van der Waals surface area contributed by atoms with Crippen LogP contribution in [0.1, 0.15) is 50.6 Å². The fourth-order valence-electron chi connectivity index (χ4n) is 3.11. The second kappa shape index (κ2) is 12.3. The molecule has 2 N–H and O–H groups in total. The molecule has 1 unspecified atom stereocenters. The fourth-order valence-corrected chi connectivity index (χ4v) is 4.34. The summed E-state index contributed by atoms with van der Waals surface area (Å²) in [6, 6.07) is 12.4. The van der Waals surface area contributed by atoms with Gasteiger partial charge in [0.05, 0.1) is 25.2 Å². The van der Waals surface area contributed by atoms with E-state index in [1.165, 1.54) is 19.2 Å². The van der Waals surface area contributed by atoms with E-state index in [-0.39, 0.29) is 17.2 Å². The third-order valence-electron chi connectivity index (χ3n) is 4.93. The van der Waals surface area contributed by atoms with Gasteiger partial charge in [0, 0.05) is 13.0 Å². The molecule has 0 aliphatic heterocycles. The Morgan fingerprint density at radius 3 is 2.03 bits per heavy atom. The van der Waals surface area contributed by atoms with Gasteiger partial charge in [0.25, 0.3) is 0 Å².